The number of aryl methyl sites for hydroxylation is 1. The minimum absolute atomic E-state index is 0.0287. The number of ether oxygens (including phenoxy) is 1. The maximum absolute atomic E-state index is 14.4. The number of nitrogens with zero attached hydrogens (tertiary/aromatic N) is 2. The first-order valence-electron chi connectivity index (χ1n) is 12.8. The van der Waals surface area contributed by atoms with Crippen LogP contribution in [0.15, 0.2) is 40.1 Å². The number of rotatable bonds is 12. The molecular formula is C26H36FN3O5S. The number of hydrogen-bond acceptors (Lipinski definition) is 6. The lowest BCUT2D eigenvalue weighted by atomic mass is 9.74. The van der Waals surface area contributed by atoms with Gasteiger partial charge >= 0.3 is 5.69 Å². The normalized spacial score (nSPS) is 18.3. The lowest BCUT2D eigenvalue weighted by Crippen LogP contribution is -2.45. The predicted octanol–water partition coefficient (Wildman–Crippen LogP) is 2.71. The fourth-order valence-electron chi connectivity index (χ4n) is 4.89. The van der Waals surface area contributed by atoms with Gasteiger partial charge in [-0.1, -0.05) is 12.5 Å². The van der Waals surface area contributed by atoms with Crippen molar-refractivity contribution in [2.75, 3.05) is 38.2 Å². The van der Waals surface area contributed by atoms with E-state index in [0.717, 1.165) is 31.5 Å². The van der Waals surface area contributed by atoms with Gasteiger partial charge in [0.1, 0.15) is 0 Å². The van der Waals surface area contributed by atoms with E-state index in [4.69, 9.17) is 4.74 Å². The number of halogens is 1. The number of piperidine rings is 1. The van der Waals surface area contributed by atoms with E-state index in [2.05, 4.69) is 9.88 Å². The Labute approximate surface area is 211 Å². The average Bonchev–Trinajstić information content (AvgIpc) is 3.65. The van der Waals surface area contributed by atoms with Crippen LogP contribution in [0.2, 0.25) is 0 Å². The summed E-state index contributed by atoms with van der Waals surface area (Å²) in [6.07, 6.45) is 6.82. The standard InChI is InChI=1S/C26H36FN3O5S/c1-29-14-10-26(11-15-29,21-7-8-22(27)23(17-21)35-18-20-5-6-20)19-36(33,34)16-4-2-3-12-30-13-9-24(31)28-25(30)32/h7-9,13,17,20H,2-6,10-12,14-16,18-19H2,1H3,(H,28,31,32). The van der Waals surface area contributed by atoms with E-state index in [1.165, 1.54) is 22.9 Å². The van der Waals surface area contributed by atoms with Crippen molar-refractivity contribution in [2.24, 2.45) is 5.92 Å². The molecule has 10 heteroatoms. The van der Waals surface area contributed by atoms with Crippen molar-refractivity contribution in [3.8, 4) is 5.75 Å². The second kappa shape index (κ2) is 11.3. The van der Waals surface area contributed by atoms with Crippen LogP contribution in [0.25, 0.3) is 0 Å². The highest BCUT2D eigenvalue weighted by molar-refractivity contribution is 7.91. The minimum atomic E-state index is -3.37. The van der Waals surface area contributed by atoms with Gasteiger partial charge in [-0.25, -0.2) is 17.6 Å². The molecule has 36 heavy (non-hydrogen) atoms. The first-order chi connectivity index (χ1) is 17.2. The largest absolute Gasteiger partial charge is 0.490 e. The maximum atomic E-state index is 14.4. The van der Waals surface area contributed by atoms with Gasteiger partial charge in [-0.15, -0.1) is 0 Å². The third kappa shape index (κ3) is 7.06. The summed E-state index contributed by atoms with van der Waals surface area (Å²) in [6, 6.07) is 6.15. The van der Waals surface area contributed by atoms with Gasteiger partial charge in [-0.05, 0) is 82.3 Å². The Bertz CT molecular complexity index is 1260. The third-order valence-corrected chi connectivity index (χ3v) is 9.31. The SMILES string of the molecule is CN1CCC(CS(=O)(=O)CCCCCn2ccc(=O)[nH]c2=O)(c2ccc(F)c(OCC3CC3)c2)CC1. The van der Waals surface area contributed by atoms with E-state index in [1.54, 1.807) is 12.1 Å². The van der Waals surface area contributed by atoms with Crippen molar-refractivity contribution in [2.45, 2.75) is 56.9 Å². The molecule has 1 aliphatic heterocycles. The van der Waals surface area contributed by atoms with E-state index >= 15 is 0 Å². The highest BCUT2D eigenvalue weighted by Gasteiger charge is 2.40. The molecule has 1 N–H and O–H groups in total. The highest BCUT2D eigenvalue weighted by atomic mass is 32.2. The number of aromatic amines is 1. The van der Waals surface area contributed by atoms with Gasteiger partial charge in [0, 0.05) is 24.2 Å². The Hall–Kier alpha value is -2.46. The summed E-state index contributed by atoms with van der Waals surface area (Å²) < 4.78 is 48.1. The number of benzene rings is 1. The zero-order chi connectivity index (χ0) is 25.8. The predicted molar refractivity (Wildman–Crippen MR) is 137 cm³/mol. The Kier molecular flexibility index (Phi) is 8.34. The highest BCUT2D eigenvalue weighted by Crippen LogP contribution is 2.39. The maximum Gasteiger partial charge on any atom is 0.328 e. The molecule has 2 aliphatic rings. The molecule has 0 atom stereocenters. The number of aromatic nitrogens is 2. The Morgan fingerprint density at radius 3 is 2.56 bits per heavy atom. The minimum Gasteiger partial charge on any atom is -0.490 e. The molecule has 4 rings (SSSR count). The zero-order valence-electron chi connectivity index (χ0n) is 20.9. The van der Waals surface area contributed by atoms with E-state index < -0.39 is 32.3 Å². The Balaban J connectivity index is 1.39. The molecule has 2 aromatic rings. The smallest absolute Gasteiger partial charge is 0.328 e. The van der Waals surface area contributed by atoms with Crippen LogP contribution in [0.3, 0.4) is 0 Å². The van der Waals surface area contributed by atoms with Crippen molar-refractivity contribution >= 4 is 9.84 Å². The summed E-state index contributed by atoms with van der Waals surface area (Å²) in [5.74, 6) is 0.395. The average molecular weight is 522 g/mol. The van der Waals surface area contributed by atoms with Crippen molar-refractivity contribution < 1.29 is 17.5 Å². The molecule has 0 radical (unpaired) electrons. The molecule has 1 saturated heterocycles. The first-order valence-corrected chi connectivity index (χ1v) is 14.6. The van der Waals surface area contributed by atoms with Gasteiger partial charge in [-0.3, -0.25) is 9.78 Å². The molecular weight excluding hydrogens is 485 g/mol. The molecule has 2 heterocycles. The zero-order valence-corrected chi connectivity index (χ0v) is 21.7. The molecule has 0 amide bonds. The molecule has 0 unspecified atom stereocenters. The third-order valence-electron chi connectivity index (χ3n) is 7.41. The second-order valence-corrected chi connectivity index (χ2v) is 12.6. The van der Waals surface area contributed by atoms with E-state index in [-0.39, 0.29) is 17.3 Å². The van der Waals surface area contributed by atoms with Crippen molar-refractivity contribution in [1.29, 1.82) is 0 Å². The van der Waals surface area contributed by atoms with Crippen LogP contribution in [-0.2, 0) is 21.8 Å². The van der Waals surface area contributed by atoms with Crippen LogP contribution in [0, 0.1) is 11.7 Å². The molecule has 1 aliphatic carbocycles. The van der Waals surface area contributed by atoms with Gasteiger partial charge in [0.05, 0.1) is 18.1 Å². The molecule has 1 saturated carbocycles. The molecule has 0 spiro atoms. The van der Waals surface area contributed by atoms with Gasteiger partial charge in [-0.2, -0.15) is 0 Å². The van der Waals surface area contributed by atoms with Crippen LogP contribution in [-0.4, -0.2) is 61.1 Å². The van der Waals surface area contributed by atoms with Crippen molar-refractivity contribution in [1.82, 2.24) is 14.5 Å². The number of unbranched alkanes of at least 4 members (excludes halogenated alkanes) is 2. The Morgan fingerprint density at radius 1 is 1.11 bits per heavy atom. The molecule has 2 fully saturated rings. The fraction of sp³-hybridized carbons (Fsp3) is 0.615. The number of H-pyrrole nitrogens is 1. The van der Waals surface area contributed by atoms with Crippen LogP contribution in [0.5, 0.6) is 5.75 Å². The topological polar surface area (TPSA) is 101 Å². The van der Waals surface area contributed by atoms with Crippen LogP contribution in [0.4, 0.5) is 4.39 Å². The number of hydrogen-bond donors (Lipinski definition) is 1. The number of sulfone groups is 1. The summed E-state index contributed by atoms with van der Waals surface area (Å²) >= 11 is 0. The van der Waals surface area contributed by atoms with Crippen molar-refractivity contribution in [3.05, 3.63) is 62.7 Å². The lowest BCUT2D eigenvalue weighted by Gasteiger charge is -2.41. The quantitative estimate of drug-likeness (QED) is 0.431. The van der Waals surface area contributed by atoms with Gasteiger partial charge in [0.2, 0.25) is 0 Å². The summed E-state index contributed by atoms with van der Waals surface area (Å²) in [6.45, 7) is 2.48. The summed E-state index contributed by atoms with van der Waals surface area (Å²) in [7, 11) is -1.34. The molecule has 1 aromatic heterocycles. The molecule has 8 nitrogen and oxygen atoms in total. The van der Waals surface area contributed by atoms with Crippen LogP contribution in [0.1, 0.15) is 50.5 Å². The lowest BCUT2D eigenvalue weighted by molar-refractivity contribution is 0.200. The second-order valence-electron chi connectivity index (χ2n) is 10.4. The van der Waals surface area contributed by atoms with Crippen LogP contribution >= 0.6 is 0 Å². The Morgan fingerprint density at radius 2 is 1.86 bits per heavy atom. The molecule has 1 aromatic carbocycles. The molecule has 0 bridgehead atoms. The summed E-state index contributed by atoms with van der Waals surface area (Å²) in [5, 5.41) is 0. The monoisotopic (exact) mass is 521 g/mol. The van der Waals surface area contributed by atoms with Crippen LogP contribution < -0.4 is 16.0 Å². The van der Waals surface area contributed by atoms with E-state index in [9.17, 15) is 22.4 Å². The summed E-state index contributed by atoms with van der Waals surface area (Å²) in [4.78, 5) is 27.4. The fourth-order valence-corrected chi connectivity index (χ4v) is 6.98. The van der Waals surface area contributed by atoms with Gasteiger partial charge in [0.25, 0.3) is 5.56 Å². The van der Waals surface area contributed by atoms with E-state index in [0.29, 0.717) is 51.2 Å². The molecule has 198 valence electrons. The first kappa shape index (κ1) is 26.6. The number of likely N-dealkylation sites (tertiary alicyclic amines) is 1. The number of nitrogens with one attached hydrogen (secondary N) is 1. The van der Waals surface area contributed by atoms with Crippen molar-refractivity contribution in [3.63, 3.8) is 0 Å². The summed E-state index contributed by atoms with van der Waals surface area (Å²) in [5.41, 5.74) is -0.629. The van der Waals surface area contributed by atoms with Gasteiger partial charge < -0.3 is 14.2 Å². The van der Waals surface area contributed by atoms with Gasteiger partial charge in [0.15, 0.2) is 21.4 Å². The van der Waals surface area contributed by atoms with E-state index in [1.807, 2.05) is 7.05 Å².